The summed E-state index contributed by atoms with van der Waals surface area (Å²) in [7, 11) is 0. The Morgan fingerprint density at radius 3 is 2.40 bits per heavy atom. The first-order valence-corrected chi connectivity index (χ1v) is 8.36. The van der Waals surface area contributed by atoms with Gasteiger partial charge in [-0.2, -0.15) is 0 Å². The van der Waals surface area contributed by atoms with E-state index < -0.39 is 0 Å². The van der Waals surface area contributed by atoms with E-state index in [0.717, 1.165) is 19.3 Å². The molecular formula is C19H28O. The van der Waals surface area contributed by atoms with Gasteiger partial charge >= 0.3 is 0 Å². The molecule has 0 amide bonds. The van der Waals surface area contributed by atoms with Gasteiger partial charge in [-0.15, -0.1) is 0 Å². The molecule has 1 heteroatoms. The van der Waals surface area contributed by atoms with Crippen LogP contribution in [0.5, 0.6) is 0 Å². The summed E-state index contributed by atoms with van der Waals surface area (Å²) in [4.78, 5) is 12.3. The molecule has 1 aromatic carbocycles. The van der Waals surface area contributed by atoms with Gasteiger partial charge in [0.05, 0.1) is 0 Å². The fourth-order valence-corrected chi connectivity index (χ4v) is 3.40. The highest BCUT2D eigenvalue weighted by Gasteiger charge is 2.28. The molecule has 20 heavy (non-hydrogen) atoms. The predicted molar refractivity (Wildman–Crippen MR) is 85.1 cm³/mol. The van der Waals surface area contributed by atoms with E-state index in [9.17, 15) is 4.79 Å². The van der Waals surface area contributed by atoms with Gasteiger partial charge in [-0.3, -0.25) is 4.79 Å². The van der Waals surface area contributed by atoms with Crippen LogP contribution in [0.1, 0.15) is 75.8 Å². The molecule has 1 aliphatic carbocycles. The van der Waals surface area contributed by atoms with Gasteiger partial charge in [0.15, 0.2) is 0 Å². The molecule has 1 aromatic rings. The molecule has 0 radical (unpaired) electrons. The Morgan fingerprint density at radius 1 is 1.05 bits per heavy atom. The second-order valence-electron chi connectivity index (χ2n) is 6.30. The van der Waals surface area contributed by atoms with Crippen molar-refractivity contribution in [1.29, 1.82) is 0 Å². The number of rotatable bonds is 6. The van der Waals surface area contributed by atoms with Crippen molar-refractivity contribution in [2.45, 2.75) is 71.1 Å². The number of carbonyl (C=O) groups excluding carboxylic acids is 1. The summed E-state index contributed by atoms with van der Waals surface area (Å²) in [5, 5.41) is 0. The van der Waals surface area contributed by atoms with E-state index in [4.69, 9.17) is 0 Å². The summed E-state index contributed by atoms with van der Waals surface area (Å²) in [6, 6.07) is 8.81. The first-order chi connectivity index (χ1) is 9.74. The van der Waals surface area contributed by atoms with E-state index in [1.165, 1.54) is 43.2 Å². The Morgan fingerprint density at radius 2 is 1.80 bits per heavy atom. The van der Waals surface area contributed by atoms with Crippen LogP contribution < -0.4 is 0 Å². The number of carbonyl (C=O) groups is 1. The third-order valence-corrected chi connectivity index (χ3v) is 4.64. The van der Waals surface area contributed by atoms with Crippen LogP contribution >= 0.6 is 0 Å². The fraction of sp³-hybridized carbons (Fsp3) is 0.632. The van der Waals surface area contributed by atoms with Crippen LogP contribution in [0.2, 0.25) is 0 Å². The average Bonchev–Trinajstić information content (AvgIpc) is 2.46. The highest BCUT2D eigenvalue weighted by molar-refractivity contribution is 5.86. The van der Waals surface area contributed by atoms with E-state index in [1.807, 2.05) is 0 Å². The maximum absolute atomic E-state index is 12.3. The zero-order valence-electron chi connectivity index (χ0n) is 13.0. The lowest BCUT2D eigenvalue weighted by Gasteiger charge is -2.27. The Kier molecular flexibility index (Phi) is 5.82. The zero-order chi connectivity index (χ0) is 14.4. The number of unbranched alkanes of at least 4 members (excludes halogenated alkanes) is 1. The number of hydrogen-bond donors (Lipinski definition) is 0. The molecule has 1 aliphatic rings. The Balaban J connectivity index is 1.96. The van der Waals surface area contributed by atoms with Gasteiger partial charge in [0.2, 0.25) is 0 Å². The van der Waals surface area contributed by atoms with Crippen molar-refractivity contribution in [2.24, 2.45) is 5.92 Å². The van der Waals surface area contributed by atoms with Crippen molar-refractivity contribution in [1.82, 2.24) is 0 Å². The molecule has 1 nitrogen and oxygen atoms in total. The van der Waals surface area contributed by atoms with Gasteiger partial charge in [0, 0.05) is 12.3 Å². The van der Waals surface area contributed by atoms with E-state index in [0.29, 0.717) is 11.7 Å². The maximum Gasteiger partial charge on any atom is 0.140 e. The van der Waals surface area contributed by atoms with Crippen molar-refractivity contribution < 1.29 is 4.79 Å². The SMILES string of the molecule is CCCCc1ccc([C@H]2CC[C@H](CCC)CC2=O)cc1. The van der Waals surface area contributed by atoms with Gasteiger partial charge in [-0.25, -0.2) is 0 Å². The lowest BCUT2D eigenvalue weighted by Crippen LogP contribution is -2.23. The third-order valence-electron chi connectivity index (χ3n) is 4.64. The lowest BCUT2D eigenvalue weighted by atomic mass is 9.76. The predicted octanol–water partition coefficient (Wildman–Crippen LogP) is 5.28. The van der Waals surface area contributed by atoms with Crippen molar-refractivity contribution in [3.8, 4) is 0 Å². The van der Waals surface area contributed by atoms with Gasteiger partial charge in [0.25, 0.3) is 0 Å². The second kappa shape index (κ2) is 7.61. The summed E-state index contributed by atoms with van der Waals surface area (Å²) in [6.45, 7) is 4.44. The summed E-state index contributed by atoms with van der Waals surface area (Å²) in [5.74, 6) is 1.28. The molecule has 0 heterocycles. The van der Waals surface area contributed by atoms with Crippen LogP contribution in [0, 0.1) is 5.92 Å². The van der Waals surface area contributed by atoms with Crippen LogP contribution in [-0.4, -0.2) is 5.78 Å². The van der Waals surface area contributed by atoms with Crippen molar-refractivity contribution in [3.63, 3.8) is 0 Å². The number of aryl methyl sites for hydroxylation is 1. The largest absolute Gasteiger partial charge is 0.299 e. The zero-order valence-corrected chi connectivity index (χ0v) is 13.0. The summed E-state index contributed by atoms with van der Waals surface area (Å²) >= 11 is 0. The molecule has 1 saturated carbocycles. The molecule has 0 aromatic heterocycles. The monoisotopic (exact) mass is 272 g/mol. The van der Waals surface area contributed by atoms with E-state index in [2.05, 4.69) is 38.1 Å². The quantitative estimate of drug-likeness (QED) is 0.688. The van der Waals surface area contributed by atoms with E-state index >= 15 is 0 Å². The molecule has 0 bridgehead atoms. The molecule has 0 saturated heterocycles. The molecule has 0 spiro atoms. The number of Topliss-reactive ketones (excluding diaryl/α,β-unsaturated/α-hetero) is 1. The molecule has 0 unspecified atom stereocenters. The summed E-state index contributed by atoms with van der Waals surface area (Å²) < 4.78 is 0. The first kappa shape index (κ1) is 15.3. The van der Waals surface area contributed by atoms with Gasteiger partial charge in [-0.05, 0) is 42.7 Å². The molecule has 110 valence electrons. The molecular weight excluding hydrogens is 244 g/mol. The topological polar surface area (TPSA) is 17.1 Å². The highest BCUT2D eigenvalue weighted by atomic mass is 16.1. The normalized spacial score (nSPS) is 23.0. The average molecular weight is 272 g/mol. The lowest BCUT2D eigenvalue weighted by molar-refractivity contribution is -0.123. The van der Waals surface area contributed by atoms with Crippen LogP contribution in [0.25, 0.3) is 0 Å². The van der Waals surface area contributed by atoms with Gasteiger partial charge in [0.1, 0.15) is 5.78 Å². The minimum Gasteiger partial charge on any atom is -0.299 e. The Bertz CT molecular complexity index is 418. The molecule has 2 rings (SSSR count). The maximum atomic E-state index is 12.3. The van der Waals surface area contributed by atoms with E-state index in [-0.39, 0.29) is 5.92 Å². The fourth-order valence-electron chi connectivity index (χ4n) is 3.40. The molecule has 0 aliphatic heterocycles. The number of ketones is 1. The van der Waals surface area contributed by atoms with Crippen molar-refractivity contribution in [3.05, 3.63) is 35.4 Å². The smallest absolute Gasteiger partial charge is 0.140 e. The van der Waals surface area contributed by atoms with Crippen LogP contribution in [0.4, 0.5) is 0 Å². The summed E-state index contributed by atoms with van der Waals surface area (Å²) in [5.41, 5.74) is 2.65. The second-order valence-corrected chi connectivity index (χ2v) is 6.30. The Hall–Kier alpha value is -1.11. The van der Waals surface area contributed by atoms with Crippen LogP contribution in [0.3, 0.4) is 0 Å². The van der Waals surface area contributed by atoms with Crippen LogP contribution in [-0.2, 0) is 11.2 Å². The number of hydrogen-bond acceptors (Lipinski definition) is 1. The standard InChI is InChI=1S/C19H28O/c1-3-5-7-15-8-11-17(12-9-15)18-13-10-16(6-4-2)14-19(18)20/h8-9,11-12,16,18H,3-7,10,13-14H2,1-2H3/t16-,18+/m0/s1. The van der Waals surface area contributed by atoms with Crippen molar-refractivity contribution >= 4 is 5.78 Å². The highest BCUT2D eigenvalue weighted by Crippen LogP contribution is 2.35. The third kappa shape index (κ3) is 3.94. The first-order valence-electron chi connectivity index (χ1n) is 8.36. The minimum atomic E-state index is 0.170. The number of benzene rings is 1. The van der Waals surface area contributed by atoms with Crippen molar-refractivity contribution in [2.75, 3.05) is 0 Å². The summed E-state index contributed by atoms with van der Waals surface area (Å²) in [6.07, 6.45) is 9.15. The minimum absolute atomic E-state index is 0.170. The van der Waals surface area contributed by atoms with Crippen LogP contribution in [0.15, 0.2) is 24.3 Å². The molecule has 2 atom stereocenters. The molecule has 0 N–H and O–H groups in total. The Labute approximate surface area is 123 Å². The molecule has 1 fully saturated rings. The van der Waals surface area contributed by atoms with Gasteiger partial charge in [-0.1, -0.05) is 57.4 Å². The van der Waals surface area contributed by atoms with E-state index in [1.54, 1.807) is 0 Å². The van der Waals surface area contributed by atoms with Gasteiger partial charge < -0.3 is 0 Å².